The molecular formula is C22H31N3O3. The highest BCUT2D eigenvalue weighted by Crippen LogP contribution is 2.40. The van der Waals surface area contributed by atoms with Crippen LogP contribution in [0, 0.1) is 0 Å². The van der Waals surface area contributed by atoms with Crippen LogP contribution in [0.3, 0.4) is 0 Å². The highest BCUT2D eigenvalue weighted by molar-refractivity contribution is 5.93. The summed E-state index contributed by atoms with van der Waals surface area (Å²) < 4.78 is 0. The van der Waals surface area contributed by atoms with Crippen LogP contribution >= 0.6 is 0 Å². The Hall–Kier alpha value is -1.95. The first-order chi connectivity index (χ1) is 13.6. The van der Waals surface area contributed by atoms with Crippen molar-refractivity contribution in [2.24, 2.45) is 0 Å². The number of amides is 2. The summed E-state index contributed by atoms with van der Waals surface area (Å²) in [4.78, 5) is 34.7. The fourth-order valence-electron chi connectivity index (χ4n) is 5.39. The number of pyridine rings is 1. The van der Waals surface area contributed by atoms with E-state index in [2.05, 4.69) is 4.98 Å². The summed E-state index contributed by atoms with van der Waals surface area (Å²) in [5.74, 6) is 0.253. The van der Waals surface area contributed by atoms with Crippen molar-refractivity contribution < 1.29 is 14.7 Å². The summed E-state index contributed by atoms with van der Waals surface area (Å²) >= 11 is 0. The number of nitrogens with zero attached hydrogens (tertiary/aromatic N) is 3. The van der Waals surface area contributed by atoms with E-state index in [0.29, 0.717) is 19.4 Å². The SMILES string of the molecule is O=C(CCc1cccnc1)N1CCCC12CCCN(C1CCC(O)CC1)C2=O. The summed E-state index contributed by atoms with van der Waals surface area (Å²) in [7, 11) is 0. The molecule has 4 rings (SSSR count). The van der Waals surface area contributed by atoms with Crippen molar-refractivity contribution in [3.05, 3.63) is 30.1 Å². The van der Waals surface area contributed by atoms with E-state index in [1.165, 1.54) is 0 Å². The zero-order chi connectivity index (χ0) is 19.6. The van der Waals surface area contributed by atoms with Gasteiger partial charge in [-0.15, -0.1) is 0 Å². The number of aryl methyl sites for hydroxylation is 1. The van der Waals surface area contributed by atoms with Crippen LogP contribution in [0.25, 0.3) is 0 Å². The van der Waals surface area contributed by atoms with Crippen LogP contribution in [-0.4, -0.2) is 62.5 Å². The maximum absolute atomic E-state index is 13.6. The highest BCUT2D eigenvalue weighted by Gasteiger charge is 2.53. The van der Waals surface area contributed by atoms with Gasteiger partial charge in [-0.1, -0.05) is 6.07 Å². The van der Waals surface area contributed by atoms with E-state index < -0.39 is 5.54 Å². The maximum atomic E-state index is 13.6. The van der Waals surface area contributed by atoms with Gasteiger partial charge in [-0.05, 0) is 69.4 Å². The van der Waals surface area contributed by atoms with Crippen molar-refractivity contribution in [3.8, 4) is 0 Å². The van der Waals surface area contributed by atoms with Crippen LogP contribution in [0.15, 0.2) is 24.5 Å². The monoisotopic (exact) mass is 385 g/mol. The van der Waals surface area contributed by atoms with Gasteiger partial charge in [-0.2, -0.15) is 0 Å². The minimum Gasteiger partial charge on any atom is -0.393 e. The molecule has 0 aromatic carbocycles. The Kier molecular flexibility index (Phi) is 5.67. The average molecular weight is 386 g/mol. The molecule has 152 valence electrons. The van der Waals surface area contributed by atoms with Crippen molar-refractivity contribution in [2.75, 3.05) is 13.1 Å². The smallest absolute Gasteiger partial charge is 0.248 e. The molecule has 1 aromatic rings. The van der Waals surface area contributed by atoms with Crippen LogP contribution in [0.4, 0.5) is 0 Å². The Labute approximate surface area is 166 Å². The van der Waals surface area contributed by atoms with E-state index in [-0.39, 0.29) is 24.0 Å². The number of hydrogen-bond acceptors (Lipinski definition) is 4. The second kappa shape index (κ2) is 8.19. The number of likely N-dealkylation sites (tertiary alicyclic amines) is 2. The summed E-state index contributed by atoms with van der Waals surface area (Å²) in [6, 6.07) is 4.10. The van der Waals surface area contributed by atoms with Crippen molar-refractivity contribution in [2.45, 2.75) is 81.9 Å². The zero-order valence-corrected chi connectivity index (χ0v) is 16.6. The fourth-order valence-corrected chi connectivity index (χ4v) is 5.39. The summed E-state index contributed by atoms with van der Waals surface area (Å²) in [5, 5.41) is 9.80. The van der Waals surface area contributed by atoms with Crippen LogP contribution < -0.4 is 0 Å². The molecular weight excluding hydrogens is 354 g/mol. The van der Waals surface area contributed by atoms with E-state index in [0.717, 1.165) is 63.5 Å². The van der Waals surface area contributed by atoms with Gasteiger partial charge >= 0.3 is 0 Å². The van der Waals surface area contributed by atoms with Gasteiger partial charge in [-0.3, -0.25) is 14.6 Å². The molecule has 2 amide bonds. The standard InChI is InChI=1S/C22H31N3O3/c26-19-8-6-18(7-9-19)24-14-2-11-22(21(24)28)12-3-15-25(22)20(27)10-5-17-4-1-13-23-16-17/h1,4,13,16,18-19,26H,2-3,5-12,14-15H2. The number of piperidine rings is 1. The minimum atomic E-state index is -0.625. The second-order valence-corrected chi connectivity index (χ2v) is 8.61. The zero-order valence-electron chi connectivity index (χ0n) is 16.6. The van der Waals surface area contributed by atoms with Gasteiger partial charge in [0.1, 0.15) is 5.54 Å². The van der Waals surface area contributed by atoms with E-state index in [1.807, 2.05) is 21.9 Å². The summed E-state index contributed by atoms with van der Waals surface area (Å²) in [5.41, 5.74) is 0.432. The molecule has 2 aliphatic heterocycles. The van der Waals surface area contributed by atoms with Crippen LogP contribution in [0.1, 0.15) is 63.4 Å². The van der Waals surface area contributed by atoms with E-state index in [9.17, 15) is 14.7 Å². The number of aromatic nitrogens is 1. The molecule has 1 unspecified atom stereocenters. The molecule has 1 aliphatic carbocycles. The van der Waals surface area contributed by atoms with Gasteiger partial charge in [0.05, 0.1) is 6.10 Å². The maximum Gasteiger partial charge on any atom is 0.248 e. The Bertz CT molecular complexity index is 702. The predicted octanol–water partition coefficient (Wildman–Crippen LogP) is 2.30. The summed E-state index contributed by atoms with van der Waals surface area (Å²) in [6.07, 6.45) is 11.1. The van der Waals surface area contributed by atoms with E-state index >= 15 is 0 Å². The third-order valence-corrected chi connectivity index (χ3v) is 6.90. The van der Waals surface area contributed by atoms with Crippen molar-refractivity contribution in [3.63, 3.8) is 0 Å². The molecule has 1 saturated carbocycles. The molecule has 6 nitrogen and oxygen atoms in total. The lowest BCUT2D eigenvalue weighted by Crippen LogP contribution is -2.63. The Morgan fingerprint density at radius 3 is 2.64 bits per heavy atom. The highest BCUT2D eigenvalue weighted by atomic mass is 16.3. The van der Waals surface area contributed by atoms with Crippen molar-refractivity contribution in [1.29, 1.82) is 0 Å². The lowest BCUT2D eigenvalue weighted by molar-refractivity contribution is -0.158. The number of hydrogen-bond donors (Lipinski definition) is 1. The number of aliphatic hydroxyl groups excluding tert-OH is 1. The van der Waals surface area contributed by atoms with Crippen molar-refractivity contribution in [1.82, 2.24) is 14.8 Å². The molecule has 1 aromatic heterocycles. The largest absolute Gasteiger partial charge is 0.393 e. The number of carbonyl (C=O) groups excluding carboxylic acids is 2. The molecule has 3 aliphatic rings. The van der Waals surface area contributed by atoms with Crippen LogP contribution in [-0.2, 0) is 16.0 Å². The molecule has 1 atom stereocenters. The Morgan fingerprint density at radius 2 is 1.93 bits per heavy atom. The second-order valence-electron chi connectivity index (χ2n) is 8.61. The Morgan fingerprint density at radius 1 is 1.18 bits per heavy atom. The minimum absolute atomic E-state index is 0.0932. The first-order valence-corrected chi connectivity index (χ1v) is 10.8. The average Bonchev–Trinajstić information content (AvgIpc) is 3.14. The van der Waals surface area contributed by atoms with Gasteiger partial charge < -0.3 is 14.9 Å². The molecule has 0 bridgehead atoms. The van der Waals surface area contributed by atoms with Crippen LogP contribution in [0.5, 0.6) is 0 Å². The topological polar surface area (TPSA) is 73.7 Å². The molecule has 1 N–H and O–H groups in total. The quantitative estimate of drug-likeness (QED) is 0.863. The normalized spacial score (nSPS) is 30.8. The third kappa shape index (κ3) is 3.66. The predicted molar refractivity (Wildman–Crippen MR) is 105 cm³/mol. The van der Waals surface area contributed by atoms with Gasteiger partial charge in [-0.25, -0.2) is 0 Å². The first kappa shape index (κ1) is 19.4. The molecule has 28 heavy (non-hydrogen) atoms. The van der Waals surface area contributed by atoms with Crippen molar-refractivity contribution >= 4 is 11.8 Å². The van der Waals surface area contributed by atoms with Gasteiger partial charge in [0.15, 0.2) is 0 Å². The molecule has 2 saturated heterocycles. The fraction of sp³-hybridized carbons (Fsp3) is 0.682. The Balaban J connectivity index is 1.45. The number of rotatable bonds is 4. The third-order valence-electron chi connectivity index (χ3n) is 6.90. The number of aliphatic hydroxyl groups is 1. The van der Waals surface area contributed by atoms with E-state index in [1.54, 1.807) is 12.4 Å². The van der Waals surface area contributed by atoms with Crippen LogP contribution in [0.2, 0.25) is 0 Å². The van der Waals surface area contributed by atoms with Gasteiger partial charge in [0.2, 0.25) is 11.8 Å². The van der Waals surface area contributed by atoms with Gasteiger partial charge in [0.25, 0.3) is 0 Å². The lowest BCUT2D eigenvalue weighted by atomic mass is 9.82. The molecule has 3 heterocycles. The van der Waals surface area contributed by atoms with E-state index in [4.69, 9.17) is 0 Å². The first-order valence-electron chi connectivity index (χ1n) is 10.8. The molecule has 6 heteroatoms. The molecule has 0 radical (unpaired) electrons. The molecule has 3 fully saturated rings. The summed E-state index contributed by atoms with van der Waals surface area (Å²) in [6.45, 7) is 1.48. The van der Waals surface area contributed by atoms with Gasteiger partial charge in [0, 0.05) is 37.9 Å². The number of carbonyl (C=O) groups is 2. The molecule has 1 spiro atoms. The lowest BCUT2D eigenvalue weighted by Gasteiger charge is -2.48.